The van der Waals surface area contributed by atoms with Crippen molar-refractivity contribution >= 4 is 22.8 Å². The lowest BCUT2D eigenvalue weighted by Crippen LogP contribution is -2.29. The summed E-state index contributed by atoms with van der Waals surface area (Å²) >= 11 is 6.30. The van der Waals surface area contributed by atoms with Crippen LogP contribution in [0.25, 0.3) is 22.6 Å². The largest absolute Gasteiger partial charge is 0.289 e. The first-order chi connectivity index (χ1) is 9.61. The van der Waals surface area contributed by atoms with Crippen LogP contribution in [0, 0.1) is 6.92 Å². The predicted octanol–water partition coefficient (Wildman–Crippen LogP) is 1.69. The molecule has 0 radical (unpaired) electrons. The molecule has 0 saturated heterocycles. The van der Waals surface area contributed by atoms with Gasteiger partial charge in [0.25, 0.3) is 12.0 Å². The Morgan fingerprint density at radius 2 is 1.95 bits per heavy atom. The zero-order chi connectivity index (χ0) is 14.3. The van der Waals surface area contributed by atoms with Gasteiger partial charge in [-0.2, -0.15) is 0 Å². The maximum absolute atomic E-state index is 6.30. The van der Waals surface area contributed by atoms with Crippen molar-refractivity contribution < 1.29 is 4.57 Å². The molecule has 3 aromatic heterocycles. The molecule has 0 atom stereocenters. The van der Waals surface area contributed by atoms with Gasteiger partial charge in [-0.3, -0.25) is 4.57 Å². The Morgan fingerprint density at radius 3 is 2.60 bits per heavy atom. The van der Waals surface area contributed by atoms with Crippen LogP contribution in [0.15, 0.2) is 18.7 Å². The molecule has 0 aromatic carbocycles. The number of halogens is 1. The molecular weight excluding hydrogens is 276 g/mol. The highest BCUT2D eigenvalue weighted by atomic mass is 35.5. The van der Waals surface area contributed by atoms with E-state index in [2.05, 4.69) is 19.9 Å². The molecule has 0 N–H and O–H groups in total. The Labute approximate surface area is 121 Å². The third kappa shape index (κ3) is 1.92. The Bertz CT molecular complexity index is 778. The Morgan fingerprint density at radius 1 is 1.25 bits per heavy atom. The van der Waals surface area contributed by atoms with E-state index in [9.17, 15) is 0 Å². The number of hydrogen-bond donors (Lipinski definition) is 0. The van der Waals surface area contributed by atoms with Gasteiger partial charge in [0, 0.05) is 18.9 Å². The van der Waals surface area contributed by atoms with Gasteiger partial charge in [0.05, 0.1) is 12.6 Å². The maximum Gasteiger partial charge on any atom is 0.289 e. The number of imidazole rings is 1. The number of hydrogen-bond acceptors (Lipinski definition) is 4. The van der Waals surface area contributed by atoms with Crippen LogP contribution >= 0.6 is 11.6 Å². The first-order valence-corrected chi connectivity index (χ1v) is 6.69. The summed E-state index contributed by atoms with van der Waals surface area (Å²) in [5.41, 5.74) is 2.31. The molecule has 0 aliphatic heterocycles. The van der Waals surface area contributed by atoms with Crippen molar-refractivity contribution in [3.05, 3.63) is 29.7 Å². The highest BCUT2D eigenvalue weighted by molar-refractivity contribution is 6.32. The third-order valence-electron chi connectivity index (χ3n) is 3.15. The van der Waals surface area contributed by atoms with Crippen molar-refractivity contribution in [2.45, 2.75) is 20.4 Å². The second kappa shape index (κ2) is 4.79. The summed E-state index contributed by atoms with van der Waals surface area (Å²) in [6.07, 6.45) is 5.22. The van der Waals surface area contributed by atoms with Crippen LogP contribution in [0.1, 0.15) is 12.7 Å². The molecule has 20 heavy (non-hydrogen) atoms. The molecule has 0 amide bonds. The van der Waals surface area contributed by atoms with E-state index in [0.29, 0.717) is 10.7 Å². The van der Waals surface area contributed by atoms with Crippen molar-refractivity contribution in [2.24, 2.45) is 7.05 Å². The van der Waals surface area contributed by atoms with Gasteiger partial charge in [-0.05, 0) is 30.4 Å². The molecule has 3 aromatic rings. The molecule has 3 rings (SSSR count). The minimum absolute atomic E-state index is 0.566. The third-order valence-corrected chi connectivity index (χ3v) is 3.60. The lowest BCUT2D eigenvalue weighted by molar-refractivity contribution is -0.670. The molecule has 7 heteroatoms. The molecular formula is C13H14ClN6+. The molecule has 3 heterocycles. The summed E-state index contributed by atoms with van der Waals surface area (Å²) < 4.78 is 3.75. The summed E-state index contributed by atoms with van der Waals surface area (Å²) in [5, 5.41) is 0.566. The van der Waals surface area contributed by atoms with E-state index in [1.54, 1.807) is 23.3 Å². The number of nitrogens with zero attached hydrogens (tertiary/aromatic N) is 6. The fourth-order valence-corrected chi connectivity index (χ4v) is 2.27. The van der Waals surface area contributed by atoms with Gasteiger partial charge in [-0.1, -0.05) is 0 Å². The molecule has 0 spiro atoms. The number of rotatable bonds is 2. The standard InChI is InChI=1S/C13H14ClN6/c1-4-20-12(9-5-15-8(2)16-6-9)18-10-11(14)19(3)7-17-13(10)20/h5-7H,4H2,1-3H3/q+1. The number of aryl methyl sites for hydroxylation is 3. The average Bonchev–Trinajstić information content (AvgIpc) is 2.83. The maximum atomic E-state index is 6.30. The fourth-order valence-electron chi connectivity index (χ4n) is 2.10. The van der Waals surface area contributed by atoms with Crippen LogP contribution in [0.5, 0.6) is 0 Å². The Hall–Kier alpha value is -2.08. The Balaban J connectivity index is 2.30. The molecule has 0 fully saturated rings. The zero-order valence-electron chi connectivity index (χ0n) is 11.5. The minimum atomic E-state index is 0.566. The van der Waals surface area contributed by atoms with Crippen LogP contribution in [0.4, 0.5) is 0 Å². The highest BCUT2D eigenvalue weighted by Crippen LogP contribution is 2.25. The summed E-state index contributed by atoms with van der Waals surface area (Å²) in [5.74, 6) is 1.51. The quantitative estimate of drug-likeness (QED) is 0.532. The van der Waals surface area contributed by atoms with E-state index in [1.807, 2.05) is 25.5 Å². The summed E-state index contributed by atoms with van der Waals surface area (Å²) in [6, 6.07) is 0. The minimum Gasteiger partial charge on any atom is -0.288 e. The zero-order valence-corrected chi connectivity index (χ0v) is 12.3. The van der Waals surface area contributed by atoms with Crippen molar-refractivity contribution in [2.75, 3.05) is 0 Å². The molecule has 6 nitrogen and oxygen atoms in total. The smallest absolute Gasteiger partial charge is 0.288 e. The van der Waals surface area contributed by atoms with Gasteiger partial charge in [-0.15, -0.1) is 0 Å². The molecule has 0 unspecified atom stereocenters. The van der Waals surface area contributed by atoms with E-state index >= 15 is 0 Å². The lowest BCUT2D eigenvalue weighted by Gasteiger charge is -2.02. The lowest BCUT2D eigenvalue weighted by atomic mass is 10.3. The van der Waals surface area contributed by atoms with Gasteiger partial charge in [0.15, 0.2) is 5.52 Å². The second-order valence-corrected chi connectivity index (χ2v) is 4.88. The van der Waals surface area contributed by atoms with Crippen LogP contribution in [0.2, 0.25) is 5.15 Å². The van der Waals surface area contributed by atoms with Gasteiger partial charge < -0.3 is 0 Å². The first-order valence-electron chi connectivity index (χ1n) is 6.31. The van der Waals surface area contributed by atoms with Crippen LogP contribution in [0.3, 0.4) is 0 Å². The van der Waals surface area contributed by atoms with Crippen LogP contribution in [-0.4, -0.2) is 24.5 Å². The van der Waals surface area contributed by atoms with E-state index in [-0.39, 0.29) is 0 Å². The molecule has 0 aliphatic rings. The van der Waals surface area contributed by atoms with Crippen molar-refractivity contribution in [3.8, 4) is 11.4 Å². The van der Waals surface area contributed by atoms with Gasteiger partial charge >= 0.3 is 0 Å². The van der Waals surface area contributed by atoms with E-state index in [4.69, 9.17) is 11.6 Å². The van der Waals surface area contributed by atoms with Crippen molar-refractivity contribution in [1.29, 1.82) is 0 Å². The van der Waals surface area contributed by atoms with Crippen LogP contribution < -0.4 is 4.57 Å². The summed E-state index contributed by atoms with van der Waals surface area (Å²) in [6.45, 7) is 4.64. The molecule has 0 bridgehead atoms. The van der Waals surface area contributed by atoms with Gasteiger partial charge in [0.1, 0.15) is 11.6 Å². The topological polar surface area (TPSA) is 60.4 Å². The molecule has 0 saturated carbocycles. The number of aromatic nitrogens is 6. The summed E-state index contributed by atoms with van der Waals surface area (Å²) in [4.78, 5) is 17.5. The van der Waals surface area contributed by atoms with Crippen molar-refractivity contribution in [1.82, 2.24) is 24.5 Å². The highest BCUT2D eigenvalue weighted by Gasteiger charge is 2.21. The molecule has 0 aliphatic carbocycles. The predicted molar refractivity (Wildman–Crippen MR) is 75.2 cm³/mol. The van der Waals surface area contributed by atoms with E-state index < -0.39 is 0 Å². The van der Waals surface area contributed by atoms with E-state index in [0.717, 1.165) is 29.4 Å². The van der Waals surface area contributed by atoms with Crippen LogP contribution in [-0.2, 0) is 13.6 Å². The fraction of sp³-hybridized carbons (Fsp3) is 0.308. The first kappa shape index (κ1) is 12.9. The average molecular weight is 290 g/mol. The van der Waals surface area contributed by atoms with Gasteiger partial charge in [-0.25, -0.2) is 19.5 Å². The second-order valence-electron chi connectivity index (χ2n) is 4.52. The summed E-state index contributed by atoms with van der Waals surface area (Å²) in [7, 11) is 1.84. The van der Waals surface area contributed by atoms with E-state index in [1.165, 1.54) is 0 Å². The molecule has 102 valence electrons. The SMILES string of the molecule is CCn1c(-c2cnc(C)nc2)nc2c(Cl)[n+](C)cnc21. The Kier molecular flexibility index (Phi) is 3.10. The monoisotopic (exact) mass is 289 g/mol. The normalized spacial score (nSPS) is 11.2. The van der Waals surface area contributed by atoms with Gasteiger partial charge in [0.2, 0.25) is 5.15 Å². The number of fused-ring (bicyclic) bond motifs is 1. The van der Waals surface area contributed by atoms with Crippen molar-refractivity contribution in [3.63, 3.8) is 0 Å².